The van der Waals surface area contributed by atoms with Crippen molar-refractivity contribution in [2.75, 3.05) is 0 Å². The highest BCUT2D eigenvalue weighted by atomic mass is 16.6. The van der Waals surface area contributed by atoms with Crippen molar-refractivity contribution in [1.82, 2.24) is 9.97 Å². The second-order valence-electron chi connectivity index (χ2n) is 5.93. The van der Waals surface area contributed by atoms with Crippen LogP contribution in [-0.4, -0.2) is 31.8 Å². The van der Waals surface area contributed by atoms with Crippen molar-refractivity contribution in [1.29, 1.82) is 0 Å². The Morgan fingerprint density at radius 3 is 2.73 bits per heavy atom. The smallest absolute Gasteiger partial charge is 0.270 e. The molecule has 3 rings (SSSR count). The molecule has 7 heteroatoms. The molecule has 0 radical (unpaired) electrons. The standard InChI is InChI=1S/C19H18N4O3/c1-13(9-15-11-20-12-21-15)22-19(14-5-3-2-4-6-14)17-10-16(23(25)26)7-8-18(17)24/h2-8,10-13,24H,9H2,1H3,(H,20,21)/t13-/m1/s1. The SMILES string of the molecule is C[C@H](Cc1cnc[nH]1)N=C(c1ccccc1)c1cc([N+](=O)[O-])ccc1O. The summed E-state index contributed by atoms with van der Waals surface area (Å²) in [6.07, 6.45) is 3.97. The van der Waals surface area contributed by atoms with Crippen molar-refractivity contribution < 1.29 is 10.0 Å². The summed E-state index contributed by atoms with van der Waals surface area (Å²) in [5.74, 6) is -0.0491. The summed E-state index contributed by atoms with van der Waals surface area (Å²) in [4.78, 5) is 22.4. The Morgan fingerprint density at radius 1 is 1.31 bits per heavy atom. The largest absolute Gasteiger partial charge is 0.507 e. The Hall–Kier alpha value is -3.48. The van der Waals surface area contributed by atoms with Crippen LogP contribution in [0, 0.1) is 10.1 Å². The Balaban J connectivity index is 2.06. The Bertz CT molecular complexity index is 921. The van der Waals surface area contributed by atoms with E-state index < -0.39 is 4.92 Å². The molecule has 132 valence electrons. The number of rotatable bonds is 6. The third-order valence-electron chi connectivity index (χ3n) is 3.91. The van der Waals surface area contributed by atoms with Gasteiger partial charge in [-0.1, -0.05) is 30.3 Å². The number of nitro benzene ring substituents is 1. The predicted octanol–water partition coefficient (Wildman–Crippen LogP) is 3.49. The molecular formula is C19H18N4O3. The van der Waals surface area contributed by atoms with E-state index in [9.17, 15) is 15.2 Å². The topological polar surface area (TPSA) is 104 Å². The summed E-state index contributed by atoms with van der Waals surface area (Å²) >= 11 is 0. The Kier molecular flexibility index (Phi) is 5.07. The average Bonchev–Trinajstić information content (AvgIpc) is 3.14. The first kappa shape index (κ1) is 17.3. The van der Waals surface area contributed by atoms with Gasteiger partial charge in [-0.25, -0.2) is 4.98 Å². The van der Waals surface area contributed by atoms with E-state index in [2.05, 4.69) is 9.97 Å². The van der Waals surface area contributed by atoms with Crippen LogP contribution in [0.1, 0.15) is 23.7 Å². The number of nitro groups is 1. The number of phenols is 1. The molecule has 7 nitrogen and oxygen atoms in total. The summed E-state index contributed by atoms with van der Waals surface area (Å²) in [5.41, 5.74) is 2.47. The third kappa shape index (κ3) is 3.94. The van der Waals surface area contributed by atoms with E-state index in [0.717, 1.165) is 11.3 Å². The molecule has 0 aliphatic rings. The zero-order valence-electron chi connectivity index (χ0n) is 14.2. The number of aromatic nitrogens is 2. The Labute approximate surface area is 150 Å². The monoisotopic (exact) mass is 350 g/mol. The highest BCUT2D eigenvalue weighted by Crippen LogP contribution is 2.26. The van der Waals surface area contributed by atoms with Gasteiger partial charge >= 0.3 is 0 Å². The van der Waals surface area contributed by atoms with Gasteiger partial charge in [0, 0.05) is 41.6 Å². The maximum Gasteiger partial charge on any atom is 0.270 e. The number of aromatic amines is 1. The van der Waals surface area contributed by atoms with Crippen LogP contribution >= 0.6 is 0 Å². The van der Waals surface area contributed by atoms with Crippen LogP contribution in [0.2, 0.25) is 0 Å². The van der Waals surface area contributed by atoms with Crippen LogP contribution in [0.15, 0.2) is 66.0 Å². The van der Waals surface area contributed by atoms with Gasteiger partial charge in [0.1, 0.15) is 5.75 Å². The molecule has 1 atom stereocenters. The number of H-pyrrole nitrogens is 1. The van der Waals surface area contributed by atoms with Crippen molar-refractivity contribution in [3.63, 3.8) is 0 Å². The molecule has 2 N–H and O–H groups in total. The molecule has 1 aromatic heterocycles. The fraction of sp³-hybridized carbons (Fsp3) is 0.158. The molecular weight excluding hydrogens is 332 g/mol. The predicted molar refractivity (Wildman–Crippen MR) is 98.6 cm³/mol. The van der Waals surface area contributed by atoms with Gasteiger partial charge in [0.05, 0.1) is 23.0 Å². The van der Waals surface area contributed by atoms with Gasteiger partial charge < -0.3 is 10.1 Å². The van der Waals surface area contributed by atoms with Crippen molar-refractivity contribution in [2.45, 2.75) is 19.4 Å². The summed E-state index contributed by atoms with van der Waals surface area (Å²) in [6, 6.07) is 13.1. The number of benzene rings is 2. The van der Waals surface area contributed by atoms with Crippen molar-refractivity contribution in [3.8, 4) is 5.75 Å². The quantitative estimate of drug-likeness (QED) is 0.403. The Morgan fingerprint density at radius 2 is 2.08 bits per heavy atom. The molecule has 26 heavy (non-hydrogen) atoms. The molecule has 0 saturated carbocycles. The number of nitrogens with one attached hydrogen (secondary N) is 1. The zero-order valence-corrected chi connectivity index (χ0v) is 14.2. The summed E-state index contributed by atoms with van der Waals surface area (Å²) < 4.78 is 0. The molecule has 3 aromatic rings. The lowest BCUT2D eigenvalue weighted by molar-refractivity contribution is -0.384. The molecule has 0 bridgehead atoms. The molecule has 0 aliphatic carbocycles. The number of phenolic OH excluding ortho intramolecular Hbond substituents is 1. The molecule has 2 aromatic carbocycles. The normalized spacial score (nSPS) is 12.7. The number of aliphatic imine (C=N–C) groups is 1. The summed E-state index contributed by atoms with van der Waals surface area (Å²) in [6.45, 7) is 1.94. The number of hydrogen-bond donors (Lipinski definition) is 2. The lowest BCUT2D eigenvalue weighted by Gasteiger charge is -2.13. The first-order chi connectivity index (χ1) is 12.5. The number of aromatic hydroxyl groups is 1. The van der Waals surface area contributed by atoms with Crippen LogP contribution in [-0.2, 0) is 6.42 Å². The fourth-order valence-corrected chi connectivity index (χ4v) is 2.70. The fourth-order valence-electron chi connectivity index (χ4n) is 2.70. The lowest BCUT2D eigenvalue weighted by Crippen LogP contribution is -2.12. The van der Waals surface area contributed by atoms with E-state index in [1.807, 2.05) is 37.3 Å². The van der Waals surface area contributed by atoms with Gasteiger partial charge in [-0.2, -0.15) is 0 Å². The maximum atomic E-state index is 11.1. The minimum absolute atomic E-state index is 0.0491. The van der Waals surface area contributed by atoms with E-state index in [4.69, 9.17) is 4.99 Å². The van der Waals surface area contributed by atoms with Gasteiger partial charge in [0.25, 0.3) is 5.69 Å². The first-order valence-corrected chi connectivity index (χ1v) is 8.13. The third-order valence-corrected chi connectivity index (χ3v) is 3.91. The van der Waals surface area contributed by atoms with E-state index in [0.29, 0.717) is 17.7 Å². The number of hydrogen-bond acceptors (Lipinski definition) is 5. The molecule has 1 heterocycles. The van der Waals surface area contributed by atoms with Crippen molar-refractivity contribution in [3.05, 3.63) is 88.0 Å². The van der Waals surface area contributed by atoms with Crippen molar-refractivity contribution >= 4 is 11.4 Å². The lowest BCUT2D eigenvalue weighted by atomic mass is 10.00. The van der Waals surface area contributed by atoms with Gasteiger partial charge in [0.15, 0.2) is 0 Å². The summed E-state index contributed by atoms with van der Waals surface area (Å²) in [5, 5.41) is 21.4. The summed E-state index contributed by atoms with van der Waals surface area (Å²) in [7, 11) is 0. The van der Waals surface area contributed by atoms with Crippen LogP contribution in [0.5, 0.6) is 5.75 Å². The molecule has 0 saturated heterocycles. The van der Waals surface area contributed by atoms with Gasteiger partial charge in [-0.15, -0.1) is 0 Å². The van der Waals surface area contributed by atoms with Crippen LogP contribution in [0.25, 0.3) is 0 Å². The van der Waals surface area contributed by atoms with Crippen molar-refractivity contribution in [2.24, 2.45) is 4.99 Å². The number of non-ortho nitro benzene ring substituents is 1. The highest BCUT2D eigenvalue weighted by Gasteiger charge is 2.17. The number of nitrogens with zero attached hydrogens (tertiary/aromatic N) is 3. The average molecular weight is 350 g/mol. The van der Waals surface area contributed by atoms with Gasteiger partial charge in [-0.3, -0.25) is 15.1 Å². The highest BCUT2D eigenvalue weighted by molar-refractivity contribution is 6.14. The van der Waals surface area contributed by atoms with Gasteiger partial charge in [0.2, 0.25) is 0 Å². The van der Waals surface area contributed by atoms with E-state index >= 15 is 0 Å². The molecule has 0 spiro atoms. The van der Waals surface area contributed by atoms with E-state index in [1.165, 1.54) is 18.2 Å². The zero-order chi connectivity index (χ0) is 18.5. The minimum Gasteiger partial charge on any atom is -0.507 e. The van der Waals surface area contributed by atoms with Gasteiger partial charge in [-0.05, 0) is 13.0 Å². The molecule has 0 amide bonds. The maximum absolute atomic E-state index is 11.1. The molecule has 0 fully saturated rings. The van der Waals surface area contributed by atoms with E-state index in [1.54, 1.807) is 12.5 Å². The molecule has 0 aliphatic heterocycles. The van der Waals surface area contributed by atoms with Crippen LogP contribution in [0.4, 0.5) is 5.69 Å². The number of imidazole rings is 1. The van der Waals surface area contributed by atoms with Crippen LogP contribution in [0.3, 0.4) is 0 Å². The first-order valence-electron chi connectivity index (χ1n) is 8.13. The van der Waals surface area contributed by atoms with Crippen LogP contribution < -0.4 is 0 Å². The second-order valence-corrected chi connectivity index (χ2v) is 5.93. The second kappa shape index (κ2) is 7.60. The molecule has 0 unspecified atom stereocenters. The minimum atomic E-state index is -0.487. The van der Waals surface area contributed by atoms with E-state index in [-0.39, 0.29) is 17.5 Å².